The Hall–Kier alpha value is -2.22. The first-order chi connectivity index (χ1) is 13.9. The molecule has 2 heterocycles. The quantitative estimate of drug-likeness (QED) is 0.666. The standard InChI is InChI=1S/C21H23ClN4O2S/c1-15-4-9-20-19(11-15)21(24-14-23-20)26-10-2-3-16(13-26)12-25-29(27,28)18-7-5-17(22)6-8-18/h4-9,11,14,16,25H,2-3,10,12-13H2,1H3. The first-order valence-corrected chi connectivity index (χ1v) is 11.5. The number of hydrogen-bond donors (Lipinski definition) is 1. The predicted molar refractivity (Wildman–Crippen MR) is 116 cm³/mol. The van der Waals surface area contributed by atoms with E-state index in [4.69, 9.17) is 11.6 Å². The van der Waals surface area contributed by atoms with E-state index in [9.17, 15) is 8.42 Å². The number of anilines is 1. The summed E-state index contributed by atoms with van der Waals surface area (Å²) in [5.41, 5.74) is 2.09. The third kappa shape index (κ3) is 4.52. The van der Waals surface area contributed by atoms with E-state index in [0.717, 1.165) is 48.2 Å². The van der Waals surface area contributed by atoms with Gasteiger partial charge in [-0.15, -0.1) is 0 Å². The molecule has 0 radical (unpaired) electrons. The van der Waals surface area contributed by atoms with Crippen molar-refractivity contribution in [2.45, 2.75) is 24.7 Å². The molecule has 8 heteroatoms. The zero-order valence-corrected chi connectivity index (χ0v) is 17.7. The minimum Gasteiger partial charge on any atom is -0.356 e. The van der Waals surface area contributed by atoms with Gasteiger partial charge < -0.3 is 4.90 Å². The summed E-state index contributed by atoms with van der Waals surface area (Å²) in [7, 11) is -3.55. The minimum atomic E-state index is -3.55. The van der Waals surface area contributed by atoms with Crippen molar-refractivity contribution in [2.24, 2.45) is 5.92 Å². The van der Waals surface area contributed by atoms with Crippen LogP contribution in [-0.2, 0) is 10.0 Å². The lowest BCUT2D eigenvalue weighted by Gasteiger charge is -2.34. The van der Waals surface area contributed by atoms with Crippen molar-refractivity contribution in [3.05, 3.63) is 59.4 Å². The summed E-state index contributed by atoms with van der Waals surface area (Å²) >= 11 is 5.85. The van der Waals surface area contributed by atoms with Crippen LogP contribution in [0.3, 0.4) is 0 Å². The van der Waals surface area contributed by atoms with Gasteiger partial charge in [0.05, 0.1) is 10.4 Å². The van der Waals surface area contributed by atoms with Gasteiger partial charge in [-0.2, -0.15) is 0 Å². The SMILES string of the molecule is Cc1ccc2ncnc(N3CCCC(CNS(=O)(=O)c4ccc(Cl)cc4)C3)c2c1. The molecule has 0 bridgehead atoms. The Morgan fingerprint density at radius 3 is 2.76 bits per heavy atom. The Balaban J connectivity index is 1.48. The number of nitrogens with zero attached hydrogens (tertiary/aromatic N) is 3. The van der Waals surface area contributed by atoms with Crippen LogP contribution in [0.1, 0.15) is 18.4 Å². The van der Waals surface area contributed by atoms with E-state index in [1.807, 2.05) is 12.1 Å². The molecule has 1 unspecified atom stereocenters. The zero-order chi connectivity index (χ0) is 20.4. The molecular weight excluding hydrogens is 408 g/mol. The summed E-state index contributed by atoms with van der Waals surface area (Å²) in [5, 5.41) is 1.55. The summed E-state index contributed by atoms with van der Waals surface area (Å²) in [6.45, 7) is 4.11. The highest BCUT2D eigenvalue weighted by molar-refractivity contribution is 7.89. The van der Waals surface area contributed by atoms with Crippen LogP contribution < -0.4 is 9.62 Å². The number of fused-ring (bicyclic) bond motifs is 1. The average molecular weight is 431 g/mol. The molecule has 152 valence electrons. The van der Waals surface area contributed by atoms with E-state index in [-0.39, 0.29) is 10.8 Å². The Labute approximate surface area is 176 Å². The van der Waals surface area contributed by atoms with E-state index >= 15 is 0 Å². The van der Waals surface area contributed by atoms with Crippen molar-refractivity contribution >= 4 is 38.3 Å². The lowest BCUT2D eigenvalue weighted by Crippen LogP contribution is -2.41. The highest BCUT2D eigenvalue weighted by atomic mass is 35.5. The molecule has 6 nitrogen and oxygen atoms in total. The van der Waals surface area contributed by atoms with Crippen LogP contribution in [-0.4, -0.2) is 38.0 Å². The van der Waals surface area contributed by atoms with Gasteiger partial charge in [-0.05, 0) is 62.1 Å². The van der Waals surface area contributed by atoms with E-state index in [1.165, 1.54) is 12.1 Å². The van der Waals surface area contributed by atoms with Gasteiger partial charge in [-0.3, -0.25) is 0 Å². The smallest absolute Gasteiger partial charge is 0.240 e. The molecule has 1 fully saturated rings. The highest BCUT2D eigenvalue weighted by Crippen LogP contribution is 2.28. The number of benzene rings is 2. The van der Waals surface area contributed by atoms with Crippen LogP contribution in [0.4, 0.5) is 5.82 Å². The minimum absolute atomic E-state index is 0.209. The monoisotopic (exact) mass is 430 g/mol. The number of piperidine rings is 1. The number of sulfonamides is 1. The second kappa shape index (κ2) is 8.26. The van der Waals surface area contributed by atoms with Crippen LogP contribution in [0.2, 0.25) is 5.02 Å². The Morgan fingerprint density at radius 1 is 1.17 bits per heavy atom. The Bertz CT molecular complexity index is 1120. The molecule has 1 aromatic heterocycles. The molecule has 0 saturated carbocycles. The summed E-state index contributed by atoms with van der Waals surface area (Å²) < 4.78 is 27.9. The van der Waals surface area contributed by atoms with Crippen LogP contribution in [0.25, 0.3) is 10.9 Å². The van der Waals surface area contributed by atoms with Crippen LogP contribution in [0.15, 0.2) is 53.7 Å². The molecule has 1 aliphatic rings. The molecular formula is C21H23ClN4O2S. The molecule has 0 aliphatic carbocycles. The Kier molecular flexibility index (Phi) is 5.72. The second-order valence-electron chi connectivity index (χ2n) is 7.48. The molecule has 1 N–H and O–H groups in total. The van der Waals surface area contributed by atoms with Gasteiger partial charge in [-0.25, -0.2) is 23.1 Å². The maximum atomic E-state index is 12.6. The number of aryl methyl sites for hydroxylation is 1. The average Bonchev–Trinajstić information content (AvgIpc) is 2.72. The third-order valence-corrected chi connectivity index (χ3v) is 6.97. The number of hydrogen-bond acceptors (Lipinski definition) is 5. The van der Waals surface area contributed by atoms with Gasteiger partial charge in [0.1, 0.15) is 12.1 Å². The lowest BCUT2D eigenvalue weighted by molar-refractivity contribution is 0.410. The fourth-order valence-electron chi connectivity index (χ4n) is 3.76. The second-order valence-corrected chi connectivity index (χ2v) is 9.68. The van der Waals surface area contributed by atoms with Gasteiger partial charge in [0.25, 0.3) is 0 Å². The van der Waals surface area contributed by atoms with E-state index < -0.39 is 10.0 Å². The maximum Gasteiger partial charge on any atom is 0.240 e. The van der Waals surface area contributed by atoms with E-state index in [1.54, 1.807) is 18.5 Å². The molecule has 4 rings (SSSR count). The van der Waals surface area contributed by atoms with Crippen molar-refractivity contribution in [3.8, 4) is 0 Å². The van der Waals surface area contributed by atoms with Gasteiger partial charge in [0, 0.05) is 30.0 Å². The molecule has 1 atom stereocenters. The third-order valence-electron chi connectivity index (χ3n) is 5.27. The topological polar surface area (TPSA) is 75.2 Å². The lowest BCUT2D eigenvalue weighted by atomic mass is 9.98. The van der Waals surface area contributed by atoms with Crippen molar-refractivity contribution in [1.29, 1.82) is 0 Å². The number of rotatable bonds is 5. The van der Waals surface area contributed by atoms with Crippen molar-refractivity contribution in [1.82, 2.24) is 14.7 Å². The summed E-state index contributed by atoms with van der Waals surface area (Å²) in [6, 6.07) is 12.4. The highest BCUT2D eigenvalue weighted by Gasteiger charge is 2.24. The molecule has 3 aromatic rings. The number of nitrogens with one attached hydrogen (secondary N) is 1. The fraction of sp³-hybridized carbons (Fsp3) is 0.333. The van der Waals surface area contributed by atoms with Gasteiger partial charge in [-0.1, -0.05) is 23.2 Å². The maximum absolute atomic E-state index is 12.6. The number of halogens is 1. The van der Waals surface area contributed by atoms with E-state index in [0.29, 0.717) is 11.6 Å². The summed E-state index contributed by atoms with van der Waals surface area (Å²) in [6.07, 6.45) is 3.56. The van der Waals surface area contributed by atoms with Crippen molar-refractivity contribution in [2.75, 3.05) is 24.5 Å². The molecule has 0 amide bonds. The molecule has 0 spiro atoms. The molecule has 29 heavy (non-hydrogen) atoms. The zero-order valence-electron chi connectivity index (χ0n) is 16.2. The van der Waals surface area contributed by atoms with Gasteiger partial charge in [0.15, 0.2) is 0 Å². The summed E-state index contributed by atoms with van der Waals surface area (Å²) in [5.74, 6) is 1.13. The van der Waals surface area contributed by atoms with Crippen molar-refractivity contribution in [3.63, 3.8) is 0 Å². The first-order valence-electron chi connectivity index (χ1n) is 9.64. The first kappa shape index (κ1) is 20.1. The van der Waals surface area contributed by atoms with Crippen LogP contribution in [0, 0.1) is 12.8 Å². The molecule has 1 saturated heterocycles. The van der Waals surface area contributed by atoms with Gasteiger partial charge in [0.2, 0.25) is 10.0 Å². The molecule has 2 aromatic carbocycles. The molecule has 1 aliphatic heterocycles. The predicted octanol–water partition coefficient (Wildman–Crippen LogP) is 3.79. The normalized spacial score (nSPS) is 17.6. The van der Waals surface area contributed by atoms with Crippen molar-refractivity contribution < 1.29 is 8.42 Å². The van der Waals surface area contributed by atoms with Gasteiger partial charge >= 0.3 is 0 Å². The summed E-state index contributed by atoms with van der Waals surface area (Å²) in [4.78, 5) is 11.4. The van der Waals surface area contributed by atoms with E-state index in [2.05, 4.69) is 32.6 Å². The largest absolute Gasteiger partial charge is 0.356 e. The Morgan fingerprint density at radius 2 is 1.97 bits per heavy atom. The number of aromatic nitrogens is 2. The fourth-order valence-corrected chi connectivity index (χ4v) is 5.00. The van der Waals surface area contributed by atoms with Crippen LogP contribution in [0.5, 0.6) is 0 Å². The van der Waals surface area contributed by atoms with Crippen LogP contribution >= 0.6 is 11.6 Å².